The molecule has 0 saturated carbocycles. The smallest absolute Gasteiger partial charge is 0.317 e. The highest BCUT2D eigenvalue weighted by Crippen LogP contribution is 2.34. The number of rotatable bonds is 6. The van der Waals surface area contributed by atoms with Gasteiger partial charge in [0.05, 0.1) is 26.8 Å². The minimum atomic E-state index is -1.03. The van der Waals surface area contributed by atoms with Gasteiger partial charge in [-0.15, -0.1) is 0 Å². The van der Waals surface area contributed by atoms with Gasteiger partial charge in [0.2, 0.25) is 0 Å². The number of carboxylic acid groups (broad SMARTS) is 1. The van der Waals surface area contributed by atoms with Crippen molar-refractivity contribution >= 4 is 5.97 Å². The molecule has 0 bridgehead atoms. The zero-order chi connectivity index (χ0) is 13.5. The monoisotopic (exact) mass is 250 g/mol. The van der Waals surface area contributed by atoms with E-state index in [4.69, 9.17) is 19.8 Å². The third-order valence-electron chi connectivity index (χ3n) is 2.33. The minimum absolute atomic E-state index is 0.307. The van der Waals surface area contributed by atoms with Crippen molar-refractivity contribution in [2.75, 3.05) is 20.8 Å². The lowest BCUT2D eigenvalue weighted by Gasteiger charge is -2.16. The maximum absolute atomic E-state index is 10.5. The number of hydrogen-bond acceptors (Lipinski definition) is 5. The molecule has 0 heterocycles. The van der Waals surface area contributed by atoms with Gasteiger partial charge in [-0.05, 0) is 6.07 Å². The first kappa shape index (κ1) is 13.8. The molecule has 0 amide bonds. The van der Waals surface area contributed by atoms with Crippen LogP contribution in [0.3, 0.4) is 0 Å². The maximum Gasteiger partial charge on any atom is 0.317 e. The van der Waals surface area contributed by atoms with Gasteiger partial charge in [-0.3, -0.25) is 10.1 Å². The Kier molecular flexibility index (Phi) is 4.96. The lowest BCUT2D eigenvalue weighted by atomic mass is 10.1. The van der Waals surface area contributed by atoms with Crippen molar-refractivity contribution in [3.63, 3.8) is 0 Å². The number of nitrogens with zero attached hydrogens (tertiary/aromatic N) is 1. The maximum atomic E-state index is 10.5. The Morgan fingerprint density at radius 1 is 1.50 bits per heavy atom. The fraction of sp³-hybridized carbons (Fsp3) is 0.333. The van der Waals surface area contributed by atoms with E-state index in [1.165, 1.54) is 14.2 Å². The SMILES string of the molecule is COc1cccc(C(C#N)NCC(=O)O)c1OC. The summed E-state index contributed by atoms with van der Waals surface area (Å²) in [5, 5.41) is 20.3. The van der Waals surface area contributed by atoms with Gasteiger partial charge < -0.3 is 14.6 Å². The summed E-state index contributed by atoms with van der Waals surface area (Å²) >= 11 is 0. The number of hydrogen-bond donors (Lipinski definition) is 2. The molecule has 0 aliphatic carbocycles. The summed E-state index contributed by atoms with van der Waals surface area (Å²) in [6.07, 6.45) is 0. The number of benzene rings is 1. The van der Waals surface area contributed by atoms with E-state index in [1.807, 2.05) is 6.07 Å². The Bertz CT molecular complexity index is 468. The predicted octanol–water partition coefficient (Wildman–Crippen LogP) is 0.943. The first-order valence-corrected chi connectivity index (χ1v) is 5.19. The highest BCUT2D eigenvalue weighted by Gasteiger charge is 2.19. The molecule has 1 rings (SSSR count). The first-order valence-electron chi connectivity index (χ1n) is 5.19. The number of carboxylic acids is 1. The Hall–Kier alpha value is -2.26. The fourth-order valence-corrected chi connectivity index (χ4v) is 1.55. The van der Waals surface area contributed by atoms with Gasteiger partial charge in [-0.1, -0.05) is 12.1 Å². The first-order chi connectivity index (χ1) is 8.63. The number of methoxy groups -OCH3 is 2. The predicted molar refractivity (Wildman–Crippen MR) is 63.5 cm³/mol. The Morgan fingerprint density at radius 2 is 2.22 bits per heavy atom. The zero-order valence-corrected chi connectivity index (χ0v) is 10.1. The molecule has 0 aliphatic rings. The van der Waals surface area contributed by atoms with Crippen LogP contribution >= 0.6 is 0 Å². The number of aliphatic carboxylic acids is 1. The molecule has 1 unspecified atom stereocenters. The summed E-state index contributed by atoms with van der Waals surface area (Å²) in [6.45, 7) is -0.307. The van der Waals surface area contributed by atoms with Crippen LogP contribution in [0.5, 0.6) is 11.5 Å². The average molecular weight is 250 g/mol. The quantitative estimate of drug-likeness (QED) is 0.780. The van der Waals surface area contributed by atoms with Crippen molar-refractivity contribution in [1.29, 1.82) is 5.26 Å². The molecule has 1 aromatic carbocycles. The molecule has 6 nitrogen and oxygen atoms in total. The molecule has 18 heavy (non-hydrogen) atoms. The highest BCUT2D eigenvalue weighted by atomic mass is 16.5. The van der Waals surface area contributed by atoms with Crippen molar-refractivity contribution in [2.45, 2.75) is 6.04 Å². The van der Waals surface area contributed by atoms with Gasteiger partial charge in [-0.25, -0.2) is 0 Å². The van der Waals surface area contributed by atoms with Gasteiger partial charge in [0.1, 0.15) is 6.04 Å². The van der Waals surface area contributed by atoms with E-state index in [0.717, 1.165) is 0 Å². The molecule has 0 radical (unpaired) electrons. The summed E-state index contributed by atoms with van der Waals surface area (Å²) in [7, 11) is 2.96. The molecular formula is C12H14N2O4. The van der Waals surface area contributed by atoms with Crippen LogP contribution in [0, 0.1) is 11.3 Å². The van der Waals surface area contributed by atoms with Crippen LogP contribution in [0.1, 0.15) is 11.6 Å². The molecule has 2 N–H and O–H groups in total. The van der Waals surface area contributed by atoms with Gasteiger partial charge in [0.25, 0.3) is 0 Å². The Labute approximate surface area is 105 Å². The van der Waals surface area contributed by atoms with Crippen molar-refractivity contribution in [1.82, 2.24) is 5.32 Å². The van der Waals surface area contributed by atoms with Crippen LogP contribution in [0.4, 0.5) is 0 Å². The standard InChI is InChI=1S/C12H14N2O4/c1-17-10-5-3-4-8(12(10)18-2)9(6-13)14-7-11(15)16/h3-5,9,14H,7H2,1-2H3,(H,15,16). The van der Waals surface area contributed by atoms with E-state index in [0.29, 0.717) is 17.1 Å². The number of nitrogens with one attached hydrogen (secondary N) is 1. The second kappa shape index (κ2) is 6.47. The van der Waals surface area contributed by atoms with Gasteiger partial charge in [0.15, 0.2) is 11.5 Å². The lowest BCUT2D eigenvalue weighted by Crippen LogP contribution is -2.26. The second-order valence-electron chi connectivity index (χ2n) is 3.42. The molecule has 1 aromatic rings. The van der Waals surface area contributed by atoms with Crippen molar-refractivity contribution in [3.05, 3.63) is 23.8 Å². The van der Waals surface area contributed by atoms with Crippen molar-refractivity contribution in [3.8, 4) is 17.6 Å². The van der Waals surface area contributed by atoms with Crippen LogP contribution in [0.15, 0.2) is 18.2 Å². The molecule has 0 fully saturated rings. The van der Waals surface area contributed by atoms with Crippen LogP contribution in [-0.2, 0) is 4.79 Å². The highest BCUT2D eigenvalue weighted by molar-refractivity contribution is 5.69. The topological polar surface area (TPSA) is 91.6 Å². The molecule has 0 aliphatic heterocycles. The molecule has 6 heteroatoms. The number of ether oxygens (including phenoxy) is 2. The van der Waals surface area contributed by atoms with Gasteiger partial charge in [0, 0.05) is 5.56 Å². The third kappa shape index (κ3) is 3.12. The van der Waals surface area contributed by atoms with Crippen LogP contribution < -0.4 is 14.8 Å². The van der Waals surface area contributed by atoms with Crippen molar-refractivity contribution in [2.24, 2.45) is 0 Å². The Balaban J connectivity index is 3.05. The van der Waals surface area contributed by atoms with E-state index in [2.05, 4.69) is 5.32 Å². The summed E-state index contributed by atoms with van der Waals surface area (Å²) in [5.74, 6) is -0.117. The van der Waals surface area contributed by atoms with E-state index in [-0.39, 0.29) is 6.54 Å². The van der Waals surface area contributed by atoms with Gasteiger partial charge >= 0.3 is 5.97 Å². The van der Waals surface area contributed by atoms with E-state index in [1.54, 1.807) is 18.2 Å². The zero-order valence-electron chi connectivity index (χ0n) is 10.1. The van der Waals surface area contributed by atoms with Crippen LogP contribution in [0.2, 0.25) is 0 Å². The molecule has 0 aromatic heterocycles. The summed E-state index contributed by atoms with van der Waals surface area (Å²) in [6, 6.07) is 6.32. The normalized spacial score (nSPS) is 11.4. The van der Waals surface area contributed by atoms with E-state index in [9.17, 15) is 4.79 Å². The number of para-hydroxylation sites is 1. The third-order valence-corrected chi connectivity index (χ3v) is 2.33. The lowest BCUT2D eigenvalue weighted by molar-refractivity contribution is -0.136. The molecule has 96 valence electrons. The fourth-order valence-electron chi connectivity index (χ4n) is 1.55. The summed E-state index contributed by atoms with van der Waals surface area (Å²) in [5.41, 5.74) is 0.542. The number of carbonyl (C=O) groups is 1. The second-order valence-corrected chi connectivity index (χ2v) is 3.42. The van der Waals surface area contributed by atoms with Crippen LogP contribution in [-0.4, -0.2) is 31.8 Å². The average Bonchev–Trinajstić information content (AvgIpc) is 2.38. The van der Waals surface area contributed by atoms with Gasteiger partial charge in [-0.2, -0.15) is 5.26 Å². The molecular weight excluding hydrogens is 236 g/mol. The van der Waals surface area contributed by atoms with Crippen molar-refractivity contribution < 1.29 is 19.4 Å². The molecule has 0 spiro atoms. The largest absolute Gasteiger partial charge is 0.493 e. The number of nitriles is 1. The van der Waals surface area contributed by atoms with E-state index >= 15 is 0 Å². The Morgan fingerprint density at radius 3 is 2.72 bits per heavy atom. The summed E-state index contributed by atoms with van der Waals surface area (Å²) < 4.78 is 10.3. The molecule has 1 atom stereocenters. The van der Waals surface area contributed by atoms with Crippen LogP contribution in [0.25, 0.3) is 0 Å². The molecule has 0 saturated heterocycles. The summed E-state index contributed by atoms with van der Waals surface area (Å²) in [4.78, 5) is 10.5. The van der Waals surface area contributed by atoms with E-state index < -0.39 is 12.0 Å². The minimum Gasteiger partial charge on any atom is -0.493 e.